The van der Waals surface area contributed by atoms with Crippen molar-refractivity contribution >= 4 is 39.1 Å². The minimum Gasteiger partial charge on any atom is -0.451 e. The minimum absolute atomic E-state index is 0.342. The van der Waals surface area contributed by atoms with E-state index in [2.05, 4.69) is 10.4 Å². The summed E-state index contributed by atoms with van der Waals surface area (Å²) in [4.78, 5) is 25.9. The number of benzene rings is 2. The van der Waals surface area contributed by atoms with Crippen molar-refractivity contribution in [1.82, 2.24) is 9.78 Å². The number of ether oxygens (including phenoxy) is 1. The molecule has 1 amide bonds. The Morgan fingerprint density at radius 1 is 1.07 bits per heavy atom. The van der Waals surface area contributed by atoms with Crippen molar-refractivity contribution in [2.75, 3.05) is 11.9 Å². The van der Waals surface area contributed by atoms with Crippen molar-refractivity contribution in [2.24, 2.45) is 0 Å². The molecule has 6 nitrogen and oxygen atoms in total. The van der Waals surface area contributed by atoms with E-state index in [0.717, 1.165) is 27.2 Å². The number of amides is 1. The first-order valence-electron chi connectivity index (χ1n) is 9.10. The molecule has 0 aliphatic rings. The average molecular weight is 405 g/mol. The zero-order chi connectivity index (χ0) is 20.4. The molecule has 2 aromatic carbocycles. The van der Waals surface area contributed by atoms with E-state index in [4.69, 9.17) is 4.74 Å². The number of hydrogen-bond acceptors (Lipinski definition) is 5. The highest BCUT2D eigenvalue weighted by Gasteiger charge is 2.19. The summed E-state index contributed by atoms with van der Waals surface area (Å²) < 4.78 is 7.03. The Morgan fingerprint density at radius 3 is 2.55 bits per heavy atom. The fraction of sp³-hybridized carbons (Fsp3) is 0.136. The third-order valence-electron chi connectivity index (χ3n) is 4.50. The van der Waals surface area contributed by atoms with Gasteiger partial charge in [0.2, 0.25) is 0 Å². The van der Waals surface area contributed by atoms with Crippen LogP contribution in [0.15, 0.2) is 60.7 Å². The van der Waals surface area contributed by atoms with Crippen molar-refractivity contribution in [1.29, 1.82) is 0 Å². The number of rotatable bonds is 5. The second-order valence-electron chi connectivity index (χ2n) is 6.60. The van der Waals surface area contributed by atoms with Crippen LogP contribution in [0.2, 0.25) is 0 Å². The van der Waals surface area contributed by atoms with Crippen LogP contribution in [0.25, 0.3) is 15.9 Å². The lowest BCUT2D eigenvalue weighted by Crippen LogP contribution is -2.21. The molecular formula is C22H19N3O3S. The number of hydrogen-bond donors (Lipinski definition) is 1. The van der Waals surface area contributed by atoms with Gasteiger partial charge in [-0.05, 0) is 43.7 Å². The Labute approximate surface area is 171 Å². The Morgan fingerprint density at radius 2 is 1.79 bits per heavy atom. The lowest BCUT2D eigenvalue weighted by molar-refractivity contribution is -0.119. The molecule has 2 heterocycles. The Bertz CT molecular complexity index is 1190. The third kappa shape index (κ3) is 3.90. The van der Waals surface area contributed by atoms with Crippen LogP contribution >= 0.6 is 11.3 Å². The van der Waals surface area contributed by atoms with Crippen molar-refractivity contribution < 1.29 is 14.3 Å². The summed E-state index contributed by atoms with van der Waals surface area (Å²) in [6, 6.07) is 18.9. The van der Waals surface area contributed by atoms with Crippen LogP contribution in [0.4, 0.5) is 5.69 Å². The largest absolute Gasteiger partial charge is 0.451 e. The average Bonchev–Trinajstić information content (AvgIpc) is 3.29. The van der Waals surface area contributed by atoms with Crippen LogP contribution in [0, 0.1) is 13.8 Å². The maximum Gasteiger partial charge on any atom is 0.348 e. The van der Waals surface area contributed by atoms with Crippen LogP contribution < -0.4 is 5.32 Å². The van der Waals surface area contributed by atoms with Gasteiger partial charge in [0.05, 0.1) is 11.4 Å². The van der Waals surface area contributed by atoms with Gasteiger partial charge in [-0.1, -0.05) is 36.4 Å². The van der Waals surface area contributed by atoms with E-state index in [1.807, 2.05) is 67.1 Å². The van der Waals surface area contributed by atoms with Gasteiger partial charge in [0.1, 0.15) is 9.71 Å². The SMILES string of the molecule is Cc1ccccc1NC(=O)COC(=O)c1cc2c(C)nn(-c3ccccc3)c2s1. The highest BCUT2D eigenvalue weighted by atomic mass is 32.1. The fourth-order valence-corrected chi connectivity index (χ4v) is 4.07. The number of anilines is 1. The van der Waals surface area contributed by atoms with Gasteiger partial charge in [0.25, 0.3) is 5.91 Å². The first-order valence-corrected chi connectivity index (χ1v) is 9.92. The molecule has 0 atom stereocenters. The molecule has 4 rings (SSSR count). The molecule has 146 valence electrons. The van der Waals surface area contributed by atoms with E-state index < -0.39 is 5.97 Å². The molecule has 0 bridgehead atoms. The number of carbonyl (C=O) groups is 2. The van der Waals surface area contributed by atoms with Crippen molar-refractivity contribution in [3.8, 4) is 5.69 Å². The summed E-state index contributed by atoms with van der Waals surface area (Å²) in [6.07, 6.45) is 0. The molecule has 0 radical (unpaired) electrons. The number of fused-ring (bicyclic) bond motifs is 1. The third-order valence-corrected chi connectivity index (χ3v) is 5.59. The normalized spacial score (nSPS) is 10.8. The van der Waals surface area contributed by atoms with Gasteiger partial charge in [-0.3, -0.25) is 4.79 Å². The molecule has 0 saturated heterocycles. The number of esters is 1. The molecule has 4 aromatic rings. The zero-order valence-corrected chi connectivity index (χ0v) is 16.8. The van der Waals surface area contributed by atoms with Gasteiger partial charge < -0.3 is 10.1 Å². The van der Waals surface area contributed by atoms with E-state index in [1.54, 1.807) is 12.1 Å². The monoisotopic (exact) mass is 405 g/mol. The van der Waals surface area contributed by atoms with E-state index in [0.29, 0.717) is 10.6 Å². The molecular weight excluding hydrogens is 386 g/mol. The standard InChI is InChI=1S/C22H19N3O3S/c1-14-8-6-7-11-18(14)23-20(26)13-28-22(27)19-12-17-15(2)24-25(21(17)29-19)16-9-4-3-5-10-16/h3-12H,13H2,1-2H3,(H,23,26). The van der Waals surface area contributed by atoms with E-state index in [9.17, 15) is 9.59 Å². The molecule has 0 saturated carbocycles. The summed E-state index contributed by atoms with van der Waals surface area (Å²) in [5.41, 5.74) is 3.40. The number of carbonyl (C=O) groups excluding carboxylic acids is 2. The van der Waals surface area contributed by atoms with E-state index in [1.165, 1.54) is 11.3 Å². The fourth-order valence-electron chi connectivity index (χ4n) is 2.99. The highest BCUT2D eigenvalue weighted by molar-refractivity contribution is 7.20. The van der Waals surface area contributed by atoms with Crippen LogP contribution in [0.5, 0.6) is 0 Å². The maximum atomic E-state index is 12.5. The second kappa shape index (κ2) is 7.89. The van der Waals surface area contributed by atoms with Crippen LogP contribution in [0.3, 0.4) is 0 Å². The van der Waals surface area contributed by atoms with Crippen molar-refractivity contribution in [2.45, 2.75) is 13.8 Å². The molecule has 2 aromatic heterocycles. The molecule has 29 heavy (non-hydrogen) atoms. The van der Waals surface area contributed by atoms with Gasteiger partial charge >= 0.3 is 5.97 Å². The molecule has 0 aliphatic carbocycles. The molecule has 1 N–H and O–H groups in total. The van der Waals surface area contributed by atoms with Crippen molar-refractivity contribution in [3.63, 3.8) is 0 Å². The Balaban J connectivity index is 1.48. The first-order chi connectivity index (χ1) is 14.0. The van der Waals surface area contributed by atoms with Crippen LogP contribution in [-0.2, 0) is 9.53 Å². The maximum absolute atomic E-state index is 12.5. The summed E-state index contributed by atoms with van der Waals surface area (Å²) in [5, 5.41) is 8.21. The molecule has 0 unspecified atom stereocenters. The van der Waals surface area contributed by atoms with Gasteiger partial charge in [-0.25, -0.2) is 9.48 Å². The first kappa shape index (κ1) is 18.9. The minimum atomic E-state index is -0.523. The Kier molecular flexibility index (Phi) is 5.14. The van der Waals surface area contributed by atoms with Gasteiger partial charge in [0.15, 0.2) is 6.61 Å². The number of para-hydroxylation sites is 2. The quantitative estimate of drug-likeness (QED) is 0.496. The topological polar surface area (TPSA) is 73.2 Å². The second-order valence-corrected chi connectivity index (χ2v) is 7.63. The van der Waals surface area contributed by atoms with E-state index in [-0.39, 0.29) is 12.5 Å². The summed E-state index contributed by atoms with van der Waals surface area (Å²) in [7, 11) is 0. The lowest BCUT2D eigenvalue weighted by atomic mass is 10.2. The summed E-state index contributed by atoms with van der Waals surface area (Å²) in [5.74, 6) is -0.898. The van der Waals surface area contributed by atoms with Gasteiger partial charge in [0, 0.05) is 11.1 Å². The molecule has 0 fully saturated rings. The number of thiophene rings is 1. The highest BCUT2D eigenvalue weighted by Crippen LogP contribution is 2.30. The van der Waals surface area contributed by atoms with Gasteiger partial charge in [-0.15, -0.1) is 11.3 Å². The number of aromatic nitrogens is 2. The predicted molar refractivity (Wildman–Crippen MR) is 114 cm³/mol. The zero-order valence-electron chi connectivity index (χ0n) is 16.0. The summed E-state index contributed by atoms with van der Waals surface area (Å²) in [6.45, 7) is 3.46. The van der Waals surface area contributed by atoms with Crippen LogP contribution in [0.1, 0.15) is 20.9 Å². The van der Waals surface area contributed by atoms with E-state index >= 15 is 0 Å². The smallest absolute Gasteiger partial charge is 0.348 e. The number of nitrogens with zero attached hydrogens (tertiary/aromatic N) is 2. The predicted octanol–water partition coefficient (Wildman–Crippen LogP) is 4.50. The lowest BCUT2D eigenvalue weighted by Gasteiger charge is -2.08. The molecule has 0 aliphatic heterocycles. The molecule has 7 heteroatoms. The number of aryl methyl sites for hydroxylation is 2. The van der Waals surface area contributed by atoms with Gasteiger partial charge in [-0.2, -0.15) is 5.10 Å². The van der Waals surface area contributed by atoms with Crippen molar-refractivity contribution in [3.05, 3.63) is 76.8 Å². The van der Waals surface area contributed by atoms with Crippen LogP contribution in [-0.4, -0.2) is 28.3 Å². The molecule has 0 spiro atoms. The number of nitrogens with one attached hydrogen (secondary N) is 1. The Hall–Kier alpha value is -3.45. The summed E-state index contributed by atoms with van der Waals surface area (Å²) >= 11 is 1.30.